The first kappa shape index (κ1) is 39.7. The Hall–Kier alpha value is 1.49. The molecular formula is C26H58O2P2Ti. The van der Waals surface area contributed by atoms with Crippen LogP contribution >= 0.6 is 17.8 Å². The van der Waals surface area contributed by atoms with Crippen LogP contribution in [0.4, 0.5) is 0 Å². The fraction of sp³-hybridized carbons (Fsp3) is 1.00. The van der Waals surface area contributed by atoms with E-state index in [4.69, 9.17) is 0 Å². The molecule has 0 radical (unpaired) electrons. The van der Waals surface area contributed by atoms with Crippen molar-refractivity contribution in [3.63, 3.8) is 0 Å². The van der Waals surface area contributed by atoms with Crippen molar-refractivity contribution in [2.24, 2.45) is 17.3 Å². The smallest absolute Gasteiger partial charge is 0.852 e. The molecule has 0 N–H and O–H groups in total. The zero-order chi connectivity index (χ0) is 24.2. The Balaban J connectivity index is -0.000000215. The van der Waals surface area contributed by atoms with E-state index in [1.165, 1.54) is 72.3 Å². The number of hydrogen-bond acceptors (Lipinski definition) is 2. The van der Waals surface area contributed by atoms with Gasteiger partial charge in [-0.05, 0) is 60.9 Å². The summed E-state index contributed by atoms with van der Waals surface area (Å²) >= 11 is 0. The third-order valence-electron chi connectivity index (χ3n) is 5.64. The standard InChI is InChI=1S/C16H33P.C4H11P.2C3H7O.Ti/c1-6-7-11-17-15-9-8-10-16(12-15,13(2)3)14(4)5;1-2-3-4-5;2*1-3(2)4;/h13-15,17H,6-12H2,1-5H3;2-5H2,1H3;2*3H,1-2H3;/q;;2*-1;+2. The summed E-state index contributed by atoms with van der Waals surface area (Å²) in [6.07, 6.45) is 13.4. The van der Waals surface area contributed by atoms with E-state index >= 15 is 0 Å². The molecule has 1 fully saturated rings. The minimum absolute atomic E-state index is 0. The van der Waals surface area contributed by atoms with Crippen LogP contribution in [-0.4, -0.2) is 30.2 Å². The first-order chi connectivity index (χ1) is 13.9. The molecule has 5 heteroatoms. The van der Waals surface area contributed by atoms with Crippen molar-refractivity contribution in [3.05, 3.63) is 0 Å². The quantitative estimate of drug-likeness (QED) is 0.202. The van der Waals surface area contributed by atoms with Crippen LogP contribution in [0.2, 0.25) is 0 Å². The van der Waals surface area contributed by atoms with Crippen LogP contribution in [0.3, 0.4) is 0 Å². The average molecular weight is 513 g/mol. The molecular weight excluding hydrogens is 454 g/mol. The van der Waals surface area contributed by atoms with Gasteiger partial charge >= 0.3 is 21.7 Å². The third kappa shape index (κ3) is 25.9. The van der Waals surface area contributed by atoms with Gasteiger partial charge in [-0.1, -0.05) is 94.9 Å². The van der Waals surface area contributed by atoms with Gasteiger partial charge in [-0.25, -0.2) is 0 Å². The molecule has 0 aromatic rings. The van der Waals surface area contributed by atoms with E-state index in [1.54, 1.807) is 27.7 Å². The van der Waals surface area contributed by atoms with Gasteiger partial charge in [0.25, 0.3) is 0 Å². The van der Waals surface area contributed by atoms with Gasteiger partial charge in [-0.15, -0.1) is 30.0 Å². The minimum atomic E-state index is -0.417. The van der Waals surface area contributed by atoms with Crippen molar-refractivity contribution in [1.29, 1.82) is 0 Å². The van der Waals surface area contributed by atoms with Gasteiger partial charge in [-0.2, -0.15) is 0 Å². The minimum Gasteiger partial charge on any atom is -0.852 e. The summed E-state index contributed by atoms with van der Waals surface area (Å²) in [6.45, 7) is 20.8. The maximum Gasteiger partial charge on any atom is 2.00 e. The molecule has 0 saturated heterocycles. The second-order valence-electron chi connectivity index (χ2n) is 9.88. The predicted octanol–water partition coefficient (Wildman–Crippen LogP) is 6.88. The predicted molar refractivity (Wildman–Crippen MR) is 142 cm³/mol. The Labute approximate surface area is 217 Å². The molecule has 0 amide bonds. The zero-order valence-electron chi connectivity index (χ0n) is 22.9. The van der Waals surface area contributed by atoms with E-state index in [0.717, 1.165) is 17.5 Å². The number of rotatable bonds is 8. The van der Waals surface area contributed by atoms with Crippen LogP contribution in [0.15, 0.2) is 0 Å². The number of hydrogen-bond donors (Lipinski definition) is 0. The first-order valence-electron chi connectivity index (χ1n) is 12.7. The molecule has 0 spiro atoms. The normalized spacial score (nSPS) is 17.5. The molecule has 3 atom stereocenters. The summed E-state index contributed by atoms with van der Waals surface area (Å²) in [5.74, 6) is 1.72. The van der Waals surface area contributed by atoms with Gasteiger partial charge in [0.15, 0.2) is 0 Å². The molecule has 2 nitrogen and oxygen atoms in total. The Morgan fingerprint density at radius 2 is 1.29 bits per heavy atom. The summed E-state index contributed by atoms with van der Waals surface area (Å²) in [6, 6.07) is 0. The summed E-state index contributed by atoms with van der Waals surface area (Å²) < 4.78 is 0. The van der Waals surface area contributed by atoms with Crippen LogP contribution in [0, 0.1) is 17.3 Å². The average Bonchev–Trinajstić information content (AvgIpc) is 2.62. The molecule has 3 unspecified atom stereocenters. The molecule has 31 heavy (non-hydrogen) atoms. The third-order valence-corrected chi connectivity index (χ3v) is 7.76. The van der Waals surface area contributed by atoms with E-state index in [2.05, 4.69) is 50.8 Å². The van der Waals surface area contributed by atoms with Crippen LogP contribution in [0.1, 0.15) is 121 Å². The molecule has 0 aromatic carbocycles. The Bertz CT molecular complexity index is 316. The summed E-state index contributed by atoms with van der Waals surface area (Å²) in [5.41, 5.74) is 1.71. The maximum atomic E-state index is 9.53. The molecule has 0 heterocycles. The van der Waals surface area contributed by atoms with Crippen molar-refractivity contribution >= 4 is 17.8 Å². The van der Waals surface area contributed by atoms with Gasteiger partial charge in [0.1, 0.15) is 0 Å². The maximum absolute atomic E-state index is 9.53. The molecule has 0 bridgehead atoms. The van der Waals surface area contributed by atoms with Gasteiger partial charge < -0.3 is 10.2 Å². The molecule has 1 aliphatic rings. The second-order valence-corrected chi connectivity index (χ2v) is 12.2. The molecule has 188 valence electrons. The van der Waals surface area contributed by atoms with Crippen molar-refractivity contribution in [2.75, 3.05) is 12.3 Å². The van der Waals surface area contributed by atoms with Crippen LogP contribution in [0.5, 0.6) is 0 Å². The Kier molecular flexibility index (Phi) is 33.4. The van der Waals surface area contributed by atoms with Crippen LogP contribution < -0.4 is 10.2 Å². The number of unbranched alkanes of at least 4 members (excludes halogenated alkanes) is 2. The van der Waals surface area contributed by atoms with E-state index in [1.807, 2.05) is 0 Å². The van der Waals surface area contributed by atoms with Gasteiger partial charge in [0.05, 0.1) is 0 Å². The molecule has 1 rings (SSSR count). The van der Waals surface area contributed by atoms with E-state index in [0.29, 0.717) is 5.41 Å². The van der Waals surface area contributed by atoms with E-state index < -0.39 is 12.2 Å². The van der Waals surface area contributed by atoms with Gasteiger partial charge in [0.2, 0.25) is 0 Å². The fourth-order valence-corrected chi connectivity index (χ4v) is 6.22. The van der Waals surface area contributed by atoms with Crippen LogP contribution in [0.25, 0.3) is 0 Å². The molecule has 0 aliphatic heterocycles. The summed E-state index contributed by atoms with van der Waals surface area (Å²) in [5, 5.41) is 19.1. The van der Waals surface area contributed by atoms with E-state index in [9.17, 15) is 10.2 Å². The van der Waals surface area contributed by atoms with Crippen LogP contribution in [-0.2, 0) is 21.7 Å². The van der Waals surface area contributed by atoms with E-state index in [-0.39, 0.29) is 21.7 Å². The van der Waals surface area contributed by atoms with Gasteiger partial charge in [0, 0.05) is 0 Å². The summed E-state index contributed by atoms with van der Waals surface area (Å²) in [7, 11) is 3.94. The van der Waals surface area contributed by atoms with Gasteiger partial charge in [-0.3, -0.25) is 0 Å². The molecule has 1 aliphatic carbocycles. The van der Waals surface area contributed by atoms with Crippen molar-refractivity contribution < 1.29 is 31.9 Å². The zero-order valence-corrected chi connectivity index (χ0v) is 26.6. The SMILES string of the molecule is CC(C)[O-].CC(C)[O-].CCCCP.CCCCPC1CCCC(C(C)C)(C(C)C)C1.[Ti+2]. The second kappa shape index (κ2) is 26.1. The first-order valence-corrected chi connectivity index (χ1v) is 14.8. The monoisotopic (exact) mass is 512 g/mol. The fourth-order valence-electron chi connectivity index (χ4n) is 3.92. The van der Waals surface area contributed by atoms with Crippen molar-refractivity contribution in [1.82, 2.24) is 0 Å². The largest absolute Gasteiger partial charge is 2.00 e. The summed E-state index contributed by atoms with van der Waals surface area (Å²) in [4.78, 5) is 0. The van der Waals surface area contributed by atoms with Crippen molar-refractivity contribution in [3.8, 4) is 0 Å². The Morgan fingerprint density at radius 3 is 1.58 bits per heavy atom. The van der Waals surface area contributed by atoms with Crippen molar-refractivity contribution in [2.45, 2.75) is 138 Å². The topological polar surface area (TPSA) is 46.1 Å². The molecule has 1 saturated carbocycles. The molecule has 0 aromatic heterocycles. The Morgan fingerprint density at radius 1 is 0.871 bits per heavy atom.